The minimum Gasteiger partial charge on any atom is -0.502 e. The molecule has 0 aliphatic carbocycles. The van der Waals surface area contributed by atoms with E-state index < -0.39 is 17.9 Å². The maximum Gasteiger partial charge on any atom is 0.293 e. The van der Waals surface area contributed by atoms with Crippen LogP contribution in [0.2, 0.25) is 0 Å². The molecule has 0 saturated carbocycles. The van der Waals surface area contributed by atoms with Gasteiger partial charge in [0, 0.05) is 42.6 Å². The van der Waals surface area contributed by atoms with Crippen LogP contribution >= 0.6 is 0 Å². The summed E-state index contributed by atoms with van der Waals surface area (Å²) in [6.45, 7) is 1.69. The van der Waals surface area contributed by atoms with Crippen molar-refractivity contribution < 1.29 is 20.1 Å². The van der Waals surface area contributed by atoms with Gasteiger partial charge in [-0.05, 0) is 54.8 Å². The first kappa shape index (κ1) is 27.1. The number of aliphatic hydroxyl groups is 2. The number of hydrogen-bond acceptors (Lipinski definition) is 7. The second-order valence-electron chi connectivity index (χ2n) is 9.41. The molecule has 2 atom stereocenters. The lowest BCUT2D eigenvalue weighted by molar-refractivity contribution is -0.124. The summed E-state index contributed by atoms with van der Waals surface area (Å²) in [6.07, 6.45) is 3.59. The Labute approximate surface area is 221 Å². The molecule has 2 heterocycles. The highest BCUT2D eigenvalue weighted by molar-refractivity contribution is 5.76. The first-order valence-corrected chi connectivity index (χ1v) is 12.7. The van der Waals surface area contributed by atoms with E-state index >= 15 is 0 Å². The maximum absolute atomic E-state index is 11.6. The van der Waals surface area contributed by atoms with Gasteiger partial charge in [-0.2, -0.15) is 0 Å². The van der Waals surface area contributed by atoms with Crippen molar-refractivity contribution in [2.45, 2.75) is 37.8 Å². The Morgan fingerprint density at radius 3 is 2.45 bits per heavy atom. The van der Waals surface area contributed by atoms with Crippen LogP contribution in [0.25, 0.3) is 0 Å². The summed E-state index contributed by atoms with van der Waals surface area (Å²) >= 11 is 0. The van der Waals surface area contributed by atoms with Crippen LogP contribution in [0, 0.1) is 11.8 Å². The zero-order valence-corrected chi connectivity index (χ0v) is 21.1. The van der Waals surface area contributed by atoms with E-state index in [0.29, 0.717) is 6.54 Å². The third kappa shape index (κ3) is 7.07. The van der Waals surface area contributed by atoms with E-state index in [9.17, 15) is 19.8 Å². The number of amides is 1. The Morgan fingerprint density at radius 2 is 1.79 bits per heavy atom. The summed E-state index contributed by atoms with van der Waals surface area (Å²) in [4.78, 5) is 31.7. The Morgan fingerprint density at radius 1 is 1.11 bits per heavy atom. The molecule has 0 spiro atoms. The van der Waals surface area contributed by atoms with Gasteiger partial charge in [0.1, 0.15) is 6.61 Å². The van der Waals surface area contributed by atoms with E-state index in [-0.39, 0.29) is 36.6 Å². The molecule has 2 aromatic carbocycles. The van der Waals surface area contributed by atoms with Gasteiger partial charge in [-0.3, -0.25) is 14.5 Å². The lowest BCUT2D eigenvalue weighted by Crippen LogP contribution is -2.40. The van der Waals surface area contributed by atoms with Gasteiger partial charge in [-0.25, -0.2) is 4.98 Å². The van der Waals surface area contributed by atoms with Crippen LogP contribution in [0.4, 0.5) is 0 Å². The fourth-order valence-corrected chi connectivity index (χ4v) is 4.63. The van der Waals surface area contributed by atoms with Gasteiger partial charge >= 0.3 is 0 Å². The molecule has 1 aliphatic rings. The third-order valence-corrected chi connectivity index (χ3v) is 6.81. The average Bonchev–Trinajstić information content (AvgIpc) is 3.39. The van der Waals surface area contributed by atoms with Crippen LogP contribution in [0.1, 0.15) is 46.7 Å². The zero-order chi connectivity index (χ0) is 26.9. The highest BCUT2D eigenvalue weighted by atomic mass is 16.3. The number of rotatable bonds is 9. The van der Waals surface area contributed by atoms with E-state index in [4.69, 9.17) is 5.11 Å². The van der Waals surface area contributed by atoms with Crippen molar-refractivity contribution in [3.8, 4) is 17.6 Å². The van der Waals surface area contributed by atoms with Crippen molar-refractivity contribution in [2.24, 2.45) is 0 Å². The summed E-state index contributed by atoms with van der Waals surface area (Å²) < 4.78 is 0. The zero-order valence-electron chi connectivity index (χ0n) is 21.1. The van der Waals surface area contributed by atoms with Crippen molar-refractivity contribution in [1.82, 2.24) is 20.2 Å². The van der Waals surface area contributed by atoms with Gasteiger partial charge in [0.05, 0.1) is 18.6 Å². The second-order valence-corrected chi connectivity index (χ2v) is 9.41. The molecule has 3 aromatic rings. The number of aromatic amines is 1. The predicted molar refractivity (Wildman–Crippen MR) is 142 cm³/mol. The predicted octanol–water partition coefficient (Wildman–Crippen LogP) is 1.27. The van der Waals surface area contributed by atoms with Gasteiger partial charge < -0.3 is 25.6 Å². The molecule has 4 rings (SSSR count). The average molecular weight is 517 g/mol. The Balaban J connectivity index is 1.35. The van der Waals surface area contributed by atoms with Crippen molar-refractivity contribution in [3.05, 3.63) is 93.2 Å². The number of aromatic hydroxyl groups is 1. The first-order chi connectivity index (χ1) is 18.5. The van der Waals surface area contributed by atoms with Crippen LogP contribution in [0.3, 0.4) is 0 Å². The SMILES string of the molecule is O=C(CO)NC[C@@H]1CCCN1Cc1ccc(C#Cc2ccc(C(CO)Cc3nc[nH]c(=O)c3O)cc2)cc1. The summed E-state index contributed by atoms with van der Waals surface area (Å²) in [5, 5.41) is 31.5. The van der Waals surface area contributed by atoms with Crippen molar-refractivity contribution in [3.63, 3.8) is 0 Å². The van der Waals surface area contributed by atoms with Gasteiger partial charge in [0.25, 0.3) is 5.56 Å². The fraction of sp³-hybridized carbons (Fsp3) is 0.345. The number of H-pyrrole nitrogens is 1. The highest BCUT2D eigenvalue weighted by Crippen LogP contribution is 2.23. The highest BCUT2D eigenvalue weighted by Gasteiger charge is 2.24. The van der Waals surface area contributed by atoms with Crippen LogP contribution < -0.4 is 10.9 Å². The van der Waals surface area contributed by atoms with Crippen LogP contribution in [-0.2, 0) is 17.8 Å². The van der Waals surface area contributed by atoms with Gasteiger partial charge in [0.2, 0.25) is 11.7 Å². The molecule has 1 fully saturated rings. The Kier molecular flexibility index (Phi) is 9.27. The van der Waals surface area contributed by atoms with Crippen LogP contribution in [-0.4, -0.2) is 68.4 Å². The topological polar surface area (TPSA) is 139 Å². The van der Waals surface area contributed by atoms with E-state index in [1.54, 1.807) is 0 Å². The van der Waals surface area contributed by atoms with Crippen molar-refractivity contribution >= 4 is 5.91 Å². The molecule has 1 saturated heterocycles. The van der Waals surface area contributed by atoms with E-state index in [2.05, 4.69) is 44.2 Å². The standard InChI is InChI=1S/C29H32N4O5/c34-17-24(14-26-28(37)29(38)32-19-31-26)23-11-9-21(10-12-23)4-3-20-5-7-22(8-6-20)16-33-13-1-2-25(33)15-30-27(36)18-35/h5-12,19,24-25,34-35,37H,1-2,13-18H2,(H,30,36)(H,31,32,38)/t24?,25-/m0/s1. The molecule has 9 heteroatoms. The van der Waals surface area contributed by atoms with Crippen molar-refractivity contribution in [2.75, 3.05) is 26.3 Å². The van der Waals surface area contributed by atoms with Gasteiger partial charge in [-0.15, -0.1) is 0 Å². The minimum atomic E-state index is -0.602. The van der Waals surface area contributed by atoms with E-state index in [1.807, 2.05) is 36.4 Å². The lowest BCUT2D eigenvalue weighted by Gasteiger charge is -2.24. The number of aromatic nitrogens is 2. The van der Waals surface area contributed by atoms with Gasteiger partial charge in [0.15, 0.2) is 0 Å². The second kappa shape index (κ2) is 13.0. The number of nitrogens with zero attached hydrogens (tertiary/aromatic N) is 2. The molecule has 198 valence electrons. The monoisotopic (exact) mass is 516 g/mol. The molecule has 9 nitrogen and oxygen atoms in total. The normalized spacial score (nSPS) is 16.0. The molecule has 5 N–H and O–H groups in total. The van der Waals surface area contributed by atoms with Crippen LogP contribution in [0.15, 0.2) is 59.7 Å². The molecule has 1 aromatic heterocycles. The quantitative estimate of drug-likeness (QED) is 0.270. The molecule has 1 aliphatic heterocycles. The molecule has 38 heavy (non-hydrogen) atoms. The Hall–Kier alpha value is -3.97. The summed E-state index contributed by atoms with van der Waals surface area (Å²) in [6, 6.07) is 15.9. The number of carbonyl (C=O) groups excluding carboxylic acids is 1. The Bertz CT molecular complexity index is 1340. The number of hydrogen-bond donors (Lipinski definition) is 5. The summed E-state index contributed by atoms with van der Waals surface area (Å²) in [7, 11) is 0. The lowest BCUT2D eigenvalue weighted by atomic mass is 9.94. The third-order valence-electron chi connectivity index (χ3n) is 6.81. The number of aliphatic hydroxyl groups excluding tert-OH is 2. The fourth-order valence-electron chi connectivity index (χ4n) is 4.63. The first-order valence-electron chi connectivity index (χ1n) is 12.7. The minimum absolute atomic E-state index is 0.152. The number of likely N-dealkylation sites (tertiary alicyclic amines) is 1. The molecule has 1 unspecified atom stereocenters. The van der Waals surface area contributed by atoms with Crippen molar-refractivity contribution in [1.29, 1.82) is 0 Å². The number of carbonyl (C=O) groups is 1. The summed E-state index contributed by atoms with van der Waals surface area (Å²) in [5.74, 6) is 5.26. The largest absolute Gasteiger partial charge is 0.502 e. The number of benzene rings is 2. The van der Waals surface area contributed by atoms with E-state index in [0.717, 1.165) is 42.6 Å². The summed E-state index contributed by atoms with van der Waals surface area (Å²) in [5.41, 5.74) is 3.41. The molecule has 0 bridgehead atoms. The molecule has 0 radical (unpaired) electrons. The smallest absolute Gasteiger partial charge is 0.293 e. The van der Waals surface area contributed by atoms with E-state index in [1.165, 1.54) is 11.9 Å². The van der Waals surface area contributed by atoms with Gasteiger partial charge in [-0.1, -0.05) is 36.1 Å². The maximum atomic E-state index is 11.6. The van der Waals surface area contributed by atoms with Crippen LogP contribution in [0.5, 0.6) is 5.75 Å². The molecular formula is C29H32N4O5. The molecular weight excluding hydrogens is 484 g/mol. The number of nitrogens with one attached hydrogen (secondary N) is 2. The molecule has 1 amide bonds.